The van der Waals surface area contributed by atoms with E-state index in [2.05, 4.69) is 47.4 Å². The van der Waals surface area contributed by atoms with E-state index in [9.17, 15) is 4.79 Å². The summed E-state index contributed by atoms with van der Waals surface area (Å²) in [5, 5.41) is 2.56. The predicted molar refractivity (Wildman–Crippen MR) is 119 cm³/mol. The number of carbonyl (C=O) groups excluding carboxylic acids is 1. The Morgan fingerprint density at radius 1 is 0.968 bits per heavy atom. The highest BCUT2D eigenvalue weighted by Gasteiger charge is 2.26. The highest BCUT2D eigenvalue weighted by atomic mass is 16.6. The van der Waals surface area contributed by atoms with Crippen LogP contribution in [0.3, 0.4) is 0 Å². The third-order valence-electron chi connectivity index (χ3n) is 6.01. The van der Waals surface area contributed by atoms with Crippen molar-refractivity contribution in [2.24, 2.45) is 0 Å². The predicted octanol–water partition coefficient (Wildman–Crippen LogP) is 3.58. The topological polar surface area (TPSA) is 51.2 Å². The van der Waals surface area contributed by atoms with Crippen LogP contribution in [0.4, 0.5) is 0 Å². The van der Waals surface area contributed by atoms with E-state index in [0.717, 1.165) is 19.6 Å². The van der Waals surface area contributed by atoms with E-state index in [1.165, 1.54) is 16.3 Å². The molecule has 0 atom stereocenters. The first kappa shape index (κ1) is 19.7. The molecule has 0 spiro atoms. The molecule has 31 heavy (non-hydrogen) atoms. The van der Waals surface area contributed by atoms with Crippen LogP contribution in [0.2, 0.25) is 0 Å². The molecule has 1 fully saturated rings. The van der Waals surface area contributed by atoms with Crippen LogP contribution >= 0.6 is 0 Å². The van der Waals surface area contributed by atoms with E-state index in [0.29, 0.717) is 49.1 Å². The monoisotopic (exact) mass is 418 g/mol. The number of amides is 1. The summed E-state index contributed by atoms with van der Waals surface area (Å²) in [4.78, 5) is 17.5. The van der Waals surface area contributed by atoms with Crippen molar-refractivity contribution in [3.8, 4) is 17.2 Å². The molecule has 3 aromatic rings. The van der Waals surface area contributed by atoms with Crippen molar-refractivity contribution in [1.29, 1.82) is 0 Å². The lowest BCUT2D eigenvalue weighted by Gasteiger charge is -2.35. The van der Waals surface area contributed by atoms with Crippen molar-refractivity contribution in [3.63, 3.8) is 0 Å². The Kier molecular flexibility index (Phi) is 5.38. The summed E-state index contributed by atoms with van der Waals surface area (Å²) in [6.07, 6.45) is 0. The number of nitrogens with zero attached hydrogens (tertiary/aromatic N) is 2. The fraction of sp³-hybridized carbons (Fsp3) is 0.320. The van der Waals surface area contributed by atoms with Crippen molar-refractivity contribution in [3.05, 3.63) is 65.7 Å². The van der Waals surface area contributed by atoms with Gasteiger partial charge < -0.3 is 19.1 Å². The van der Waals surface area contributed by atoms with Crippen LogP contribution in [-0.2, 0) is 6.54 Å². The summed E-state index contributed by atoms with van der Waals surface area (Å²) in [5.74, 6) is 1.68. The van der Waals surface area contributed by atoms with E-state index in [-0.39, 0.29) is 5.91 Å². The minimum absolute atomic E-state index is 0.0000781. The average molecular weight is 418 g/mol. The zero-order chi connectivity index (χ0) is 21.2. The van der Waals surface area contributed by atoms with Gasteiger partial charge in [0.25, 0.3) is 5.91 Å². The number of methoxy groups -OCH3 is 1. The molecule has 0 bridgehead atoms. The number of hydrogen-bond donors (Lipinski definition) is 0. The van der Waals surface area contributed by atoms with Gasteiger partial charge in [-0.15, -0.1) is 0 Å². The molecule has 0 radical (unpaired) electrons. The number of ether oxygens (including phenoxy) is 3. The second kappa shape index (κ2) is 8.47. The lowest BCUT2D eigenvalue weighted by Crippen LogP contribution is -2.48. The highest BCUT2D eigenvalue weighted by molar-refractivity contribution is 5.95. The standard InChI is InChI=1S/C25H26N2O4/c1-29-22-15-20(16-23-24(22)31-14-13-30-23)25(28)27-11-9-26(10-12-27)17-19-7-4-6-18-5-2-3-8-21(18)19/h2-8,15-16H,9-14,17H2,1H3. The fourth-order valence-corrected chi connectivity index (χ4v) is 4.36. The van der Waals surface area contributed by atoms with Crippen molar-refractivity contribution >= 4 is 16.7 Å². The number of piperazine rings is 1. The number of hydrogen-bond acceptors (Lipinski definition) is 5. The largest absolute Gasteiger partial charge is 0.493 e. The quantitative estimate of drug-likeness (QED) is 0.648. The van der Waals surface area contributed by atoms with Crippen molar-refractivity contribution < 1.29 is 19.0 Å². The molecule has 2 aliphatic heterocycles. The van der Waals surface area contributed by atoms with E-state index in [1.54, 1.807) is 19.2 Å². The van der Waals surface area contributed by atoms with Crippen LogP contribution in [0.25, 0.3) is 10.8 Å². The van der Waals surface area contributed by atoms with E-state index < -0.39 is 0 Å². The first-order chi connectivity index (χ1) is 15.2. The smallest absolute Gasteiger partial charge is 0.254 e. The van der Waals surface area contributed by atoms with Crippen LogP contribution < -0.4 is 14.2 Å². The summed E-state index contributed by atoms with van der Waals surface area (Å²) in [6, 6.07) is 18.5. The van der Waals surface area contributed by atoms with E-state index in [1.807, 2.05) is 4.90 Å². The SMILES string of the molecule is COc1cc(C(=O)N2CCN(Cc3cccc4ccccc34)CC2)cc2c1OCCO2. The maximum Gasteiger partial charge on any atom is 0.254 e. The Bertz CT molecular complexity index is 1080. The Labute approximate surface area is 181 Å². The molecule has 1 amide bonds. The number of rotatable bonds is 4. The van der Waals surface area contributed by atoms with Crippen LogP contribution in [0.5, 0.6) is 17.2 Å². The minimum atomic E-state index is 0.0000781. The van der Waals surface area contributed by atoms with Gasteiger partial charge in [0.2, 0.25) is 5.75 Å². The molecule has 3 aromatic carbocycles. The second-order valence-electron chi connectivity index (χ2n) is 7.91. The van der Waals surface area contributed by atoms with Crippen molar-refractivity contribution in [2.45, 2.75) is 6.54 Å². The molecule has 2 heterocycles. The maximum absolute atomic E-state index is 13.1. The lowest BCUT2D eigenvalue weighted by atomic mass is 10.0. The third kappa shape index (κ3) is 3.91. The second-order valence-corrected chi connectivity index (χ2v) is 7.91. The molecular weight excluding hydrogens is 392 g/mol. The zero-order valence-electron chi connectivity index (χ0n) is 17.7. The molecule has 6 heteroatoms. The zero-order valence-corrected chi connectivity index (χ0v) is 17.7. The Hall–Kier alpha value is -3.25. The summed E-state index contributed by atoms with van der Waals surface area (Å²) in [5.41, 5.74) is 1.90. The Morgan fingerprint density at radius 2 is 1.74 bits per heavy atom. The van der Waals surface area contributed by atoms with Gasteiger partial charge in [-0.2, -0.15) is 0 Å². The summed E-state index contributed by atoms with van der Waals surface area (Å²) >= 11 is 0. The first-order valence-electron chi connectivity index (χ1n) is 10.7. The van der Waals surface area contributed by atoms with Crippen LogP contribution in [0.15, 0.2) is 54.6 Å². The van der Waals surface area contributed by atoms with Gasteiger partial charge in [0.05, 0.1) is 7.11 Å². The molecule has 0 N–H and O–H groups in total. The number of benzene rings is 3. The normalized spacial score (nSPS) is 16.4. The molecule has 0 unspecified atom stereocenters. The first-order valence-corrected chi connectivity index (χ1v) is 10.7. The van der Waals surface area contributed by atoms with Crippen LogP contribution in [0.1, 0.15) is 15.9 Å². The van der Waals surface area contributed by atoms with Gasteiger partial charge in [0.1, 0.15) is 13.2 Å². The minimum Gasteiger partial charge on any atom is -0.493 e. The maximum atomic E-state index is 13.1. The van der Waals surface area contributed by atoms with Crippen molar-refractivity contribution in [2.75, 3.05) is 46.5 Å². The van der Waals surface area contributed by atoms with E-state index >= 15 is 0 Å². The highest BCUT2D eigenvalue weighted by Crippen LogP contribution is 2.40. The average Bonchev–Trinajstić information content (AvgIpc) is 2.83. The van der Waals surface area contributed by atoms with Gasteiger partial charge in [-0.1, -0.05) is 42.5 Å². The molecule has 6 nitrogen and oxygen atoms in total. The molecule has 0 aromatic heterocycles. The molecule has 2 aliphatic rings. The van der Waals surface area contributed by atoms with E-state index in [4.69, 9.17) is 14.2 Å². The Balaban J connectivity index is 1.27. The van der Waals surface area contributed by atoms with Gasteiger partial charge in [0.15, 0.2) is 11.5 Å². The van der Waals surface area contributed by atoms with Crippen molar-refractivity contribution in [1.82, 2.24) is 9.80 Å². The summed E-state index contributed by atoms with van der Waals surface area (Å²) in [6.45, 7) is 4.92. The molecular formula is C25H26N2O4. The lowest BCUT2D eigenvalue weighted by molar-refractivity contribution is 0.0627. The Morgan fingerprint density at radius 3 is 2.58 bits per heavy atom. The molecule has 0 aliphatic carbocycles. The number of carbonyl (C=O) groups is 1. The summed E-state index contributed by atoms with van der Waals surface area (Å²) in [7, 11) is 1.58. The van der Waals surface area contributed by atoms with Gasteiger partial charge >= 0.3 is 0 Å². The van der Waals surface area contributed by atoms with Gasteiger partial charge in [-0.3, -0.25) is 9.69 Å². The molecule has 0 saturated carbocycles. The van der Waals surface area contributed by atoms with Crippen LogP contribution in [-0.4, -0.2) is 62.2 Å². The van der Waals surface area contributed by atoms with Gasteiger partial charge in [-0.05, 0) is 28.5 Å². The third-order valence-corrected chi connectivity index (χ3v) is 6.01. The molecule has 5 rings (SSSR count). The number of fused-ring (bicyclic) bond motifs is 2. The summed E-state index contributed by atoms with van der Waals surface area (Å²) < 4.78 is 16.7. The van der Waals surface area contributed by atoms with Gasteiger partial charge in [-0.25, -0.2) is 0 Å². The fourth-order valence-electron chi connectivity index (χ4n) is 4.36. The molecule has 1 saturated heterocycles. The molecule has 160 valence electrons. The van der Waals surface area contributed by atoms with Gasteiger partial charge in [0, 0.05) is 38.3 Å². The van der Waals surface area contributed by atoms with Crippen LogP contribution in [0, 0.1) is 0 Å².